The molecule has 3 rings (SSSR count). The lowest BCUT2D eigenvalue weighted by atomic mass is 9.74. The summed E-state index contributed by atoms with van der Waals surface area (Å²) in [4.78, 5) is 13.6. The van der Waals surface area contributed by atoms with Crippen LogP contribution in [0.15, 0.2) is 18.2 Å². The summed E-state index contributed by atoms with van der Waals surface area (Å²) in [7, 11) is 0. The lowest BCUT2D eigenvalue weighted by Crippen LogP contribution is -2.49. The zero-order chi connectivity index (χ0) is 16.0. The van der Waals surface area contributed by atoms with E-state index in [4.69, 9.17) is 5.26 Å². The van der Waals surface area contributed by atoms with E-state index in [0.717, 1.165) is 4.90 Å². The van der Waals surface area contributed by atoms with Crippen molar-refractivity contribution in [3.8, 4) is 6.07 Å². The van der Waals surface area contributed by atoms with Gasteiger partial charge in [-0.3, -0.25) is 4.79 Å². The molecule has 1 aromatic carbocycles. The maximum absolute atomic E-state index is 12.8. The Kier molecular flexibility index (Phi) is 3.37. The first-order valence-corrected chi connectivity index (χ1v) is 7.01. The number of nitrogens with zero attached hydrogens (tertiary/aromatic N) is 2. The molecule has 7 heteroatoms. The number of anilines is 1. The lowest BCUT2D eigenvalue weighted by Gasteiger charge is -2.33. The summed E-state index contributed by atoms with van der Waals surface area (Å²) in [5, 5.41) is 12.2. The third-order valence-electron chi connectivity index (χ3n) is 4.38. The van der Waals surface area contributed by atoms with Crippen LogP contribution in [-0.2, 0) is 10.2 Å². The summed E-state index contributed by atoms with van der Waals surface area (Å²) in [5.41, 5.74) is 0.266. The molecule has 1 amide bonds. The highest BCUT2D eigenvalue weighted by Crippen LogP contribution is 2.48. The Morgan fingerprint density at radius 1 is 1.32 bits per heavy atom. The number of piperidine rings is 1. The SMILES string of the molecule is N#Cc1ccc2c(c1)C1(CCNCC1)C(=O)N2CC(F)(F)F. The van der Waals surface area contributed by atoms with Crippen LogP contribution in [0, 0.1) is 11.3 Å². The number of rotatable bonds is 1. The number of benzene rings is 1. The zero-order valence-corrected chi connectivity index (χ0v) is 11.7. The minimum atomic E-state index is -4.46. The van der Waals surface area contributed by atoms with Gasteiger partial charge in [0, 0.05) is 5.69 Å². The van der Waals surface area contributed by atoms with Crippen LogP contribution in [0.1, 0.15) is 24.0 Å². The molecule has 4 nitrogen and oxygen atoms in total. The summed E-state index contributed by atoms with van der Waals surface area (Å²) in [6, 6.07) is 6.46. The molecule has 0 saturated carbocycles. The Hall–Kier alpha value is -2.07. The van der Waals surface area contributed by atoms with Gasteiger partial charge in [0.15, 0.2) is 0 Å². The largest absolute Gasteiger partial charge is 0.406 e. The van der Waals surface area contributed by atoms with Gasteiger partial charge >= 0.3 is 6.18 Å². The van der Waals surface area contributed by atoms with Crippen molar-refractivity contribution < 1.29 is 18.0 Å². The van der Waals surface area contributed by atoms with Crippen LogP contribution in [0.5, 0.6) is 0 Å². The predicted molar refractivity (Wildman–Crippen MR) is 73.3 cm³/mol. The van der Waals surface area contributed by atoms with Crippen molar-refractivity contribution in [1.29, 1.82) is 5.26 Å². The summed E-state index contributed by atoms with van der Waals surface area (Å²) in [5.74, 6) is -0.503. The van der Waals surface area contributed by atoms with Crippen molar-refractivity contribution in [2.45, 2.75) is 24.4 Å². The van der Waals surface area contributed by atoms with E-state index in [2.05, 4.69) is 5.32 Å². The molecule has 1 aromatic rings. The van der Waals surface area contributed by atoms with Crippen LogP contribution in [0.3, 0.4) is 0 Å². The minimum Gasteiger partial charge on any atom is -0.317 e. The fourth-order valence-electron chi connectivity index (χ4n) is 3.38. The fraction of sp³-hybridized carbons (Fsp3) is 0.467. The molecule has 0 unspecified atom stereocenters. The molecule has 0 bridgehead atoms. The van der Waals surface area contributed by atoms with Crippen LogP contribution in [0.4, 0.5) is 18.9 Å². The van der Waals surface area contributed by atoms with Gasteiger partial charge in [0.25, 0.3) is 0 Å². The lowest BCUT2D eigenvalue weighted by molar-refractivity contribution is -0.135. The second kappa shape index (κ2) is 4.99. The van der Waals surface area contributed by atoms with Gasteiger partial charge in [-0.05, 0) is 49.7 Å². The number of carbonyl (C=O) groups is 1. The molecule has 1 saturated heterocycles. The topological polar surface area (TPSA) is 56.1 Å². The normalized spacial score (nSPS) is 20.1. The highest BCUT2D eigenvalue weighted by Gasteiger charge is 2.53. The van der Waals surface area contributed by atoms with Gasteiger partial charge < -0.3 is 10.2 Å². The number of alkyl halides is 3. The van der Waals surface area contributed by atoms with Gasteiger partial charge in [-0.25, -0.2) is 0 Å². The minimum absolute atomic E-state index is 0.281. The van der Waals surface area contributed by atoms with Crippen LogP contribution >= 0.6 is 0 Å². The molecule has 2 aliphatic rings. The molecule has 1 fully saturated rings. The molecule has 0 atom stereocenters. The van der Waals surface area contributed by atoms with Crippen LogP contribution in [0.25, 0.3) is 0 Å². The van der Waals surface area contributed by atoms with Crippen molar-refractivity contribution in [1.82, 2.24) is 5.32 Å². The molecule has 0 radical (unpaired) electrons. The van der Waals surface area contributed by atoms with Crippen molar-refractivity contribution in [3.63, 3.8) is 0 Å². The number of hydrogen-bond acceptors (Lipinski definition) is 3. The number of hydrogen-bond donors (Lipinski definition) is 1. The van der Waals surface area contributed by atoms with E-state index in [-0.39, 0.29) is 5.69 Å². The van der Waals surface area contributed by atoms with Gasteiger partial charge in [-0.15, -0.1) is 0 Å². The summed E-state index contributed by atoms with van der Waals surface area (Å²) in [6.45, 7) is -0.149. The van der Waals surface area contributed by atoms with E-state index >= 15 is 0 Å². The van der Waals surface area contributed by atoms with Gasteiger partial charge in [-0.2, -0.15) is 18.4 Å². The van der Waals surface area contributed by atoms with E-state index in [1.165, 1.54) is 12.1 Å². The fourth-order valence-corrected chi connectivity index (χ4v) is 3.38. The first-order chi connectivity index (χ1) is 10.4. The monoisotopic (exact) mass is 309 g/mol. The number of carbonyl (C=O) groups excluding carboxylic acids is 1. The Morgan fingerprint density at radius 3 is 2.59 bits per heavy atom. The van der Waals surface area contributed by atoms with Gasteiger partial charge in [0.05, 0.1) is 17.0 Å². The van der Waals surface area contributed by atoms with E-state index in [1.807, 2.05) is 6.07 Å². The second-order valence-corrected chi connectivity index (χ2v) is 5.68. The van der Waals surface area contributed by atoms with Crippen LogP contribution in [-0.4, -0.2) is 31.7 Å². The second-order valence-electron chi connectivity index (χ2n) is 5.68. The smallest absolute Gasteiger partial charge is 0.317 e. The number of nitrogens with one attached hydrogen (secondary N) is 1. The average Bonchev–Trinajstić information content (AvgIpc) is 2.69. The molecule has 1 spiro atoms. The van der Waals surface area contributed by atoms with Crippen molar-refractivity contribution in [2.24, 2.45) is 0 Å². The Morgan fingerprint density at radius 2 is 2.00 bits per heavy atom. The quantitative estimate of drug-likeness (QED) is 0.864. The highest BCUT2D eigenvalue weighted by atomic mass is 19.4. The maximum Gasteiger partial charge on any atom is 0.406 e. The average molecular weight is 309 g/mol. The molecule has 1 N–H and O–H groups in total. The van der Waals surface area contributed by atoms with Gasteiger partial charge in [0.1, 0.15) is 6.54 Å². The molecule has 116 valence electrons. The summed E-state index contributed by atoms with van der Waals surface area (Å²) in [6.07, 6.45) is -3.57. The van der Waals surface area contributed by atoms with E-state index < -0.39 is 24.0 Å². The van der Waals surface area contributed by atoms with E-state index in [1.54, 1.807) is 6.07 Å². The first kappa shape index (κ1) is 14.9. The number of nitriles is 1. The molecule has 2 heterocycles. The molecule has 0 aliphatic carbocycles. The highest BCUT2D eigenvalue weighted by molar-refractivity contribution is 6.08. The molecular weight excluding hydrogens is 295 g/mol. The van der Waals surface area contributed by atoms with E-state index in [0.29, 0.717) is 37.1 Å². The summed E-state index contributed by atoms with van der Waals surface area (Å²) >= 11 is 0. The maximum atomic E-state index is 12.8. The zero-order valence-electron chi connectivity index (χ0n) is 11.7. The van der Waals surface area contributed by atoms with Crippen LogP contribution in [0.2, 0.25) is 0 Å². The summed E-state index contributed by atoms with van der Waals surface area (Å²) < 4.78 is 38.5. The third kappa shape index (κ3) is 2.24. The first-order valence-electron chi connectivity index (χ1n) is 7.01. The Bertz CT molecular complexity index is 657. The Labute approximate surface area is 125 Å². The molecular formula is C15H14F3N3O. The number of amides is 1. The molecule has 0 aromatic heterocycles. The van der Waals surface area contributed by atoms with Crippen molar-refractivity contribution in [3.05, 3.63) is 29.3 Å². The van der Waals surface area contributed by atoms with Gasteiger partial charge in [-0.1, -0.05) is 0 Å². The Balaban J connectivity index is 2.12. The number of halogens is 3. The van der Waals surface area contributed by atoms with Crippen molar-refractivity contribution >= 4 is 11.6 Å². The van der Waals surface area contributed by atoms with Crippen LogP contribution < -0.4 is 10.2 Å². The molecule has 2 aliphatic heterocycles. The molecule has 22 heavy (non-hydrogen) atoms. The number of fused-ring (bicyclic) bond motifs is 2. The third-order valence-corrected chi connectivity index (χ3v) is 4.38. The standard InChI is InChI=1S/C15H14F3N3O/c16-15(17,18)9-21-12-2-1-10(8-19)7-11(12)14(13(21)22)3-5-20-6-4-14/h1-2,7,20H,3-6,9H2. The van der Waals surface area contributed by atoms with Crippen molar-refractivity contribution in [2.75, 3.05) is 24.5 Å². The predicted octanol–water partition coefficient (Wildman–Crippen LogP) is 2.09. The van der Waals surface area contributed by atoms with E-state index in [9.17, 15) is 18.0 Å². The van der Waals surface area contributed by atoms with Gasteiger partial charge in [0.2, 0.25) is 5.91 Å².